The SMILES string of the molecule is CC(C)(C)CCC(=O)N(CCO[C@@H]1COC(=O)C1)NC(=O)OC(C)(C)C. The second-order valence-corrected chi connectivity index (χ2v) is 8.60. The van der Waals surface area contributed by atoms with Gasteiger partial charge in [-0.25, -0.2) is 15.2 Å². The third-order valence-corrected chi connectivity index (χ3v) is 3.51. The lowest BCUT2D eigenvalue weighted by molar-refractivity contribution is -0.138. The van der Waals surface area contributed by atoms with Crippen LogP contribution in [-0.2, 0) is 23.8 Å². The smallest absolute Gasteiger partial charge is 0.426 e. The van der Waals surface area contributed by atoms with E-state index in [4.69, 9.17) is 14.2 Å². The third kappa shape index (κ3) is 9.60. The van der Waals surface area contributed by atoms with Gasteiger partial charge in [0, 0.05) is 6.42 Å². The van der Waals surface area contributed by atoms with Gasteiger partial charge in [-0.1, -0.05) is 20.8 Å². The summed E-state index contributed by atoms with van der Waals surface area (Å²) in [5.74, 6) is -0.506. The molecule has 1 N–H and O–H groups in total. The topological polar surface area (TPSA) is 94.2 Å². The molecule has 1 atom stereocenters. The first-order valence-electron chi connectivity index (χ1n) is 8.93. The normalized spacial score (nSPS) is 17.6. The predicted octanol–water partition coefficient (Wildman–Crippen LogP) is 2.41. The van der Waals surface area contributed by atoms with Gasteiger partial charge in [0.15, 0.2) is 0 Å². The third-order valence-electron chi connectivity index (χ3n) is 3.51. The van der Waals surface area contributed by atoms with E-state index in [9.17, 15) is 14.4 Å². The number of carbonyl (C=O) groups excluding carboxylic acids is 3. The minimum atomic E-state index is -0.694. The van der Waals surface area contributed by atoms with Gasteiger partial charge >= 0.3 is 12.1 Å². The fourth-order valence-electron chi connectivity index (χ4n) is 2.18. The van der Waals surface area contributed by atoms with Crippen LogP contribution < -0.4 is 5.43 Å². The molecule has 0 aromatic carbocycles. The van der Waals surface area contributed by atoms with Crippen LogP contribution in [0.15, 0.2) is 0 Å². The van der Waals surface area contributed by atoms with Gasteiger partial charge in [-0.3, -0.25) is 9.59 Å². The van der Waals surface area contributed by atoms with E-state index in [-0.39, 0.29) is 49.6 Å². The Bertz CT molecular complexity index is 507. The first-order valence-corrected chi connectivity index (χ1v) is 8.93. The number of ether oxygens (including phenoxy) is 3. The van der Waals surface area contributed by atoms with Crippen molar-refractivity contribution in [2.24, 2.45) is 5.41 Å². The number of rotatable bonds is 6. The quantitative estimate of drug-likeness (QED) is 0.568. The Labute approximate surface area is 155 Å². The summed E-state index contributed by atoms with van der Waals surface area (Å²) in [6, 6.07) is 0. The monoisotopic (exact) mass is 372 g/mol. The van der Waals surface area contributed by atoms with Crippen molar-refractivity contribution in [1.82, 2.24) is 10.4 Å². The highest BCUT2D eigenvalue weighted by atomic mass is 16.6. The molecule has 26 heavy (non-hydrogen) atoms. The molecule has 1 aliphatic heterocycles. The highest BCUT2D eigenvalue weighted by Gasteiger charge is 2.26. The number of hydrazine groups is 1. The molecule has 0 aliphatic carbocycles. The maximum atomic E-state index is 12.5. The maximum Gasteiger partial charge on any atom is 0.426 e. The van der Waals surface area contributed by atoms with Gasteiger partial charge in [0.05, 0.1) is 19.6 Å². The van der Waals surface area contributed by atoms with Crippen molar-refractivity contribution in [3.8, 4) is 0 Å². The van der Waals surface area contributed by atoms with E-state index < -0.39 is 11.7 Å². The largest absolute Gasteiger partial charge is 0.463 e. The Hall–Kier alpha value is -1.83. The summed E-state index contributed by atoms with van der Waals surface area (Å²) in [6.45, 7) is 11.9. The van der Waals surface area contributed by atoms with Gasteiger partial charge < -0.3 is 14.2 Å². The van der Waals surface area contributed by atoms with Crippen molar-refractivity contribution in [3.05, 3.63) is 0 Å². The predicted molar refractivity (Wildman–Crippen MR) is 95.1 cm³/mol. The number of amides is 2. The lowest BCUT2D eigenvalue weighted by Crippen LogP contribution is -2.49. The lowest BCUT2D eigenvalue weighted by Gasteiger charge is -2.27. The Morgan fingerprint density at radius 2 is 1.88 bits per heavy atom. The number of esters is 1. The number of carbonyl (C=O) groups is 3. The highest BCUT2D eigenvalue weighted by Crippen LogP contribution is 2.21. The van der Waals surface area contributed by atoms with Crippen LogP contribution in [0, 0.1) is 5.41 Å². The standard InChI is InChI=1S/C18H32N2O6/c1-17(2,3)8-7-14(21)20(19-16(23)26-18(4,5)6)9-10-24-13-11-15(22)25-12-13/h13H,7-12H2,1-6H3,(H,19,23)/t13-/m0/s1. The van der Waals surface area contributed by atoms with Crippen LogP contribution in [0.25, 0.3) is 0 Å². The molecule has 1 fully saturated rings. The molecule has 150 valence electrons. The highest BCUT2D eigenvalue weighted by molar-refractivity contribution is 5.79. The Morgan fingerprint density at radius 3 is 2.38 bits per heavy atom. The van der Waals surface area contributed by atoms with Crippen LogP contribution in [-0.4, -0.2) is 54.4 Å². The fourth-order valence-corrected chi connectivity index (χ4v) is 2.18. The summed E-state index contributed by atoms with van der Waals surface area (Å²) in [7, 11) is 0. The maximum absolute atomic E-state index is 12.5. The van der Waals surface area contributed by atoms with Crippen molar-refractivity contribution >= 4 is 18.0 Å². The van der Waals surface area contributed by atoms with Gasteiger partial charge in [0.2, 0.25) is 5.91 Å². The molecular weight excluding hydrogens is 340 g/mol. The van der Waals surface area contributed by atoms with Crippen LogP contribution >= 0.6 is 0 Å². The van der Waals surface area contributed by atoms with Crippen LogP contribution in [0.4, 0.5) is 4.79 Å². The van der Waals surface area contributed by atoms with Crippen LogP contribution in [0.1, 0.15) is 60.8 Å². The molecule has 0 aromatic heterocycles. The van der Waals surface area contributed by atoms with E-state index in [0.717, 1.165) is 0 Å². The van der Waals surface area contributed by atoms with Crippen molar-refractivity contribution in [3.63, 3.8) is 0 Å². The van der Waals surface area contributed by atoms with Gasteiger partial charge in [0.25, 0.3) is 0 Å². The van der Waals surface area contributed by atoms with Gasteiger partial charge in [-0.15, -0.1) is 0 Å². The molecule has 0 radical (unpaired) electrons. The second-order valence-electron chi connectivity index (χ2n) is 8.60. The summed E-state index contributed by atoms with van der Waals surface area (Å²) in [4.78, 5) is 35.6. The number of cyclic esters (lactones) is 1. The molecule has 0 unspecified atom stereocenters. The molecule has 0 bridgehead atoms. The minimum Gasteiger partial charge on any atom is -0.463 e. The molecule has 1 heterocycles. The van der Waals surface area contributed by atoms with Crippen molar-refractivity contribution < 1.29 is 28.6 Å². The Morgan fingerprint density at radius 1 is 1.23 bits per heavy atom. The van der Waals surface area contributed by atoms with E-state index in [1.165, 1.54) is 5.01 Å². The summed E-state index contributed by atoms with van der Waals surface area (Å²) < 4.78 is 15.6. The molecule has 1 rings (SSSR count). The Kier molecular flexibility index (Phi) is 7.87. The summed E-state index contributed by atoms with van der Waals surface area (Å²) in [6.07, 6.45) is 0.183. The van der Waals surface area contributed by atoms with E-state index in [2.05, 4.69) is 5.43 Å². The number of nitrogens with one attached hydrogen (secondary N) is 1. The fraction of sp³-hybridized carbons (Fsp3) is 0.833. The molecular formula is C18H32N2O6. The first-order chi connectivity index (χ1) is 11.9. The van der Waals surface area contributed by atoms with Crippen LogP contribution in [0.2, 0.25) is 0 Å². The zero-order valence-corrected chi connectivity index (χ0v) is 16.7. The number of nitrogens with zero attached hydrogens (tertiary/aromatic N) is 1. The molecule has 8 heteroatoms. The summed E-state index contributed by atoms with van der Waals surface area (Å²) >= 11 is 0. The summed E-state index contributed by atoms with van der Waals surface area (Å²) in [5, 5.41) is 1.22. The molecule has 1 saturated heterocycles. The van der Waals surface area contributed by atoms with E-state index in [1.807, 2.05) is 20.8 Å². The molecule has 1 aliphatic rings. The van der Waals surface area contributed by atoms with Crippen molar-refractivity contribution in [2.45, 2.75) is 72.5 Å². The molecule has 0 spiro atoms. The van der Waals surface area contributed by atoms with E-state index >= 15 is 0 Å². The zero-order valence-electron chi connectivity index (χ0n) is 16.7. The van der Waals surface area contributed by atoms with Gasteiger partial charge in [-0.2, -0.15) is 0 Å². The van der Waals surface area contributed by atoms with Crippen LogP contribution in [0.3, 0.4) is 0 Å². The number of hydrogen-bond donors (Lipinski definition) is 1. The zero-order chi connectivity index (χ0) is 20.0. The minimum absolute atomic E-state index is 0.00525. The Balaban J connectivity index is 2.57. The van der Waals surface area contributed by atoms with E-state index in [1.54, 1.807) is 20.8 Å². The average Bonchev–Trinajstić information content (AvgIpc) is 2.86. The number of hydrogen-bond acceptors (Lipinski definition) is 6. The molecule has 8 nitrogen and oxygen atoms in total. The molecule has 0 aromatic rings. The van der Waals surface area contributed by atoms with Gasteiger partial charge in [0.1, 0.15) is 18.3 Å². The first kappa shape index (κ1) is 22.2. The van der Waals surface area contributed by atoms with Crippen LogP contribution in [0.5, 0.6) is 0 Å². The van der Waals surface area contributed by atoms with Crippen molar-refractivity contribution in [2.75, 3.05) is 19.8 Å². The van der Waals surface area contributed by atoms with Crippen molar-refractivity contribution in [1.29, 1.82) is 0 Å². The summed E-state index contributed by atoms with van der Waals surface area (Å²) in [5.41, 5.74) is 1.83. The van der Waals surface area contributed by atoms with E-state index in [0.29, 0.717) is 12.8 Å². The lowest BCUT2D eigenvalue weighted by atomic mass is 9.90. The molecule has 0 saturated carbocycles. The van der Waals surface area contributed by atoms with Gasteiger partial charge in [-0.05, 0) is 32.6 Å². The molecule has 2 amide bonds. The average molecular weight is 372 g/mol. The second kappa shape index (κ2) is 9.21.